The third-order valence-corrected chi connectivity index (χ3v) is 7.03. The Morgan fingerprint density at radius 2 is 0.611 bits per heavy atom. The van der Waals surface area contributed by atoms with Crippen molar-refractivity contribution < 1.29 is 81.1 Å². The number of carbonyl (C=O) groups excluding carboxylic acids is 2. The summed E-state index contributed by atoms with van der Waals surface area (Å²) in [6.45, 7) is 10.6. The van der Waals surface area contributed by atoms with Gasteiger partial charge in [-0.25, -0.2) is 4.79 Å². The van der Waals surface area contributed by atoms with Crippen LogP contribution in [-0.2, 0) is 66.4 Å². The average molecular weight is 778 g/mol. The number of carboxylic acid groups (broad SMARTS) is 1. The van der Waals surface area contributed by atoms with Crippen LogP contribution in [0.2, 0.25) is 0 Å². The molecule has 1 aliphatic rings. The van der Waals surface area contributed by atoms with Crippen molar-refractivity contribution in [1.82, 2.24) is 4.90 Å². The molecule has 2 rings (SSSR count). The third kappa shape index (κ3) is 25.4. The second kappa shape index (κ2) is 34.8. The van der Waals surface area contributed by atoms with Crippen molar-refractivity contribution in [3.05, 3.63) is 35.4 Å². The zero-order valence-corrected chi connectivity index (χ0v) is 31.3. The largest absolute Gasteiger partial charge is 0.480 e. The van der Waals surface area contributed by atoms with E-state index in [1.54, 1.807) is 24.3 Å². The lowest BCUT2D eigenvalue weighted by molar-refractivity contribution is -0.142. The Kier molecular flexibility index (Phi) is 30.6. The maximum absolute atomic E-state index is 12.3. The molecule has 0 aliphatic carbocycles. The van der Waals surface area contributed by atoms with Crippen LogP contribution < -0.4 is 0 Å². The molecule has 310 valence electrons. The van der Waals surface area contributed by atoms with E-state index in [-0.39, 0.29) is 38.2 Å². The summed E-state index contributed by atoms with van der Waals surface area (Å²) in [5.74, 6) is -1.57. The lowest BCUT2D eigenvalue weighted by atomic mass is 10.1. The van der Waals surface area contributed by atoms with E-state index in [0.717, 1.165) is 0 Å². The highest BCUT2D eigenvalue weighted by Gasteiger charge is 2.34. The molecule has 2 amide bonds. The van der Waals surface area contributed by atoms with E-state index in [1.165, 1.54) is 4.90 Å². The summed E-state index contributed by atoms with van der Waals surface area (Å²) in [6.07, 6.45) is 0. The van der Waals surface area contributed by atoms with Crippen molar-refractivity contribution in [2.24, 2.45) is 0 Å². The molecule has 0 saturated carbocycles. The fraction of sp³-hybridized carbons (Fsp3) is 0.750. The number of hydrogen-bond donors (Lipinski definition) is 1. The number of imide groups is 1. The van der Waals surface area contributed by atoms with Crippen molar-refractivity contribution in [2.75, 3.05) is 178 Å². The van der Waals surface area contributed by atoms with Crippen molar-refractivity contribution in [2.45, 2.75) is 0 Å². The molecule has 0 spiro atoms. The molecule has 1 N–H and O–H groups in total. The minimum Gasteiger partial charge on any atom is -0.480 e. The van der Waals surface area contributed by atoms with E-state index >= 15 is 0 Å². The summed E-state index contributed by atoms with van der Waals surface area (Å²) < 4.78 is 70.1. The number of aliphatic carboxylic acids is 1. The number of carboxylic acids is 1. The van der Waals surface area contributed by atoms with Gasteiger partial charge in [-0.15, -0.1) is 0 Å². The van der Waals surface area contributed by atoms with E-state index in [9.17, 15) is 14.4 Å². The Bertz CT molecular complexity index is 1050. The summed E-state index contributed by atoms with van der Waals surface area (Å²) in [6, 6.07) is 6.80. The standard InChI is InChI=1S/C36H59NO17/c38-34(39)31-54-30-29-53-28-27-52-26-25-51-24-23-50-22-21-49-20-19-48-18-17-47-16-15-46-14-13-45-12-11-44-10-9-43-8-7-42-6-5-37-35(40)32-3-1-2-4-33(32)36(37)41/h1-4H,5-31H2,(H,38,39). The topological polar surface area (TPSA) is 195 Å². The van der Waals surface area contributed by atoms with Gasteiger partial charge in [-0.2, -0.15) is 0 Å². The van der Waals surface area contributed by atoms with Crippen LogP contribution in [0, 0.1) is 0 Å². The first-order valence-electron chi connectivity index (χ1n) is 18.3. The molecule has 0 bridgehead atoms. The van der Waals surface area contributed by atoms with Gasteiger partial charge in [0.2, 0.25) is 0 Å². The number of carbonyl (C=O) groups is 3. The molecular formula is C36H59NO17. The van der Waals surface area contributed by atoms with Gasteiger partial charge in [-0.05, 0) is 12.1 Å². The quantitative estimate of drug-likeness (QED) is 0.0716. The zero-order valence-electron chi connectivity index (χ0n) is 31.3. The first kappa shape index (κ1) is 47.5. The maximum atomic E-state index is 12.3. The SMILES string of the molecule is O=C(O)COCCOCCOCCOCCOCCOCCOCCOCCOCCOCCOCCOCCOCCN1C(=O)c2ccccc2C1=O. The van der Waals surface area contributed by atoms with Gasteiger partial charge in [-0.1, -0.05) is 12.1 Å². The van der Waals surface area contributed by atoms with E-state index in [0.29, 0.717) is 163 Å². The summed E-state index contributed by atoms with van der Waals surface area (Å²) in [7, 11) is 0. The number of hydrogen-bond acceptors (Lipinski definition) is 16. The Hall–Kier alpha value is -2.69. The van der Waals surface area contributed by atoms with E-state index < -0.39 is 5.97 Å². The van der Waals surface area contributed by atoms with Gasteiger partial charge in [0.05, 0.1) is 183 Å². The predicted octanol–water partition coefficient (Wildman–Crippen LogP) is 0.583. The molecule has 0 unspecified atom stereocenters. The van der Waals surface area contributed by atoms with Crippen molar-refractivity contribution >= 4 is 17.8 Å². The molecule has 1 aromatic carbocycles. The highest BCUT2D eigenvalue weighted by Crippen LogP contribution is 2.21. The Morgan fingerprint density at radius 1 is 0.389 bits per heavy atom. The zero-order chi connectivity index (χ0) is 38.6. The highest BCUT2D eigenvalue weighted by molar-refractivity contribution is 6.21. The van der Waals surface area contributed by atoms with Gasteiger partial charge in [0.25, 0.3) is 11.8 Å². The molecule has 0 fully saturated rings. The Balaban J connectivity index is 1.15. The van der Waals surface area contributed by atoms with Gasteiger partial charge >= 0.3 is 5.97 Å². The molecular weight excluding hydrogens is 718 g/mol. The third-order valence-electron chi connectivity index (χ3n) is 7.03. The average Bonchev–Trinajstić information content (AvgIpc) is 3.41. The van der Waals surface area contributed by atoms with Gasteiger partial charge < -0.3 is 66.7 Å². The minimum atomic E-state index is -1.00. The van der Waals surface area contributed by atoms with Crippen molar-refractivity contribution in [1.29, 1.82) is 0 Å². The first-order chi connectivity index (χ1) is 26.6. The van der Waals surface area contributed by atoms with Crippen LogP contribution in [0.25, 0.3) is 0 Å². The summed E-state index contributed by atoms with van der Waals surface area (Å²) in [4.78, 5) is 36.1. The van der Waals surface area contributed by atoms with Crippen LogP contribution in [0.5, 0.6) is 0 Å². The first-order valence-corrected chi connectivity index (χ1v) is 18.3. The molecule has 18 nitrogen and oxygen atoms in total. The molecule has 18 heteroatoms. The second-order valence-corrected chi connectivity index (χ2v) is 11.1. The van der Waals surface area contributed by atoms with E-state index in [4.69, 9.17) is 66.7 Å². The Labute approximate surface area is 317 Å². The Morgan fingerprint density at radius 3 is 0.852 bits per heavy atom. The number of fused-ring (bicyclic) bond motifs is 1. The molecule has 1 heterocycles. The number of benzene rings is 1. The van der Waals surface area contributed by atoms with Crippen LogP contribution in [-0.4, -0.2) is 206 Å². The molecule has 0 saturated heterocycles. The molecule has 54 heavy (non-hydrogen) atoms. The van der Waals surface area contributed by atoms with E-state index in [2.05, 4.69) is 0 Å². The predicted molar refractivity (Wildman–Crippen MR) is 190 cm³/mol. The minimum absolute atomic E-state index is 0.207. The molecule has 0 aromatic heterocycles. The van der Waals surface area contributed by atoms with Crippen molar-refractivity contribution in [3.63, 3.8) is 0 Å². The lowest BCUT2D eigenvalue weighted by Crippen LogP contribution is -2.33. The highest BCUT2D eigenvalue weighted by atomic mass is 16.6. The molecule has 0 atom stereocenters. The number of nitrogens with zero attached hydrogens (tertiary/aromatic N) is 1. The van der Waals surface area contributed by atoms with Crippen molar-refractivity contribution in [3.8, 4) is 0 Å². The fourth-order valence-corrected chi connectivity index (χ4v) is 4.40. The maximum Gasteiger partial charge on any atom is 0.329 e. The van der Waals surface area contributed by atoms with Crippen LogP contribution in [0.1, 0.15) is 20.7 Å². The smallest absolute Gasteiger partial charge is 0.329 e. The molecule has 1 aliphatic heterocycles. The number of amides is 2. The summed E-state index contributed by atoms with van der Waals surface area (Å²) in [5, 5.41) is 8.43. The number of rotatable bonds is 41. The molecule has 0 radical (unpaired) electrons. The normalized spacial score (nSPS) is 12.6. The monoisotopic (exact) mass is 777 g/mol. The van der Waals surface area contributed by atoms with Crippen LogP contribution in [0.4, 0.5) is 0 Å². The van der Waals surface area contributed by atoms with Gasteiger partial charge in [0.15, 0.2) is 0 Å². The van der Waals surface area contributed by atoms with Gasteiger partial charge in [-0.3, -0.25) is 14.5 Å². The number of ether oxygens (including phenoxy) is 13. The fourth-order valence-electron chi connectivity index (χ4n) is 4.40. The summed E-state index contributed by atoms with van der Waals surface area (Å²) >= 11 is 0. The summed E-state index contributed by atoms with van der Waals surface area (Å²) in [5.41, 5.74) is 0.872. The molecule has 1 aromatic rings. The van der Waals surface area contributed by atoms with Crippen LogP contribution >= 0.6 is 0 Å². The van der Waals surface area contributed by atoms with Gasteiger partial charge in [0, 0.05) is 0 Å². The van der Waals surface area contributed by atoms with Gasteiger partial charge in [0.1, 0.15) is 6.61 Å². The van der Waals surface area contributed by atoms with Crippen LogP contribution in [0.15, 0.2) is 24.3 Å². The lowest BCUT2D eigenvalue weighted by Gasteiger charge is -2.13. The second-order valence-electron chi connectivity index (χ2n) is 11.1. The van der Waals surface area contributed by atoms with Crippen LogP contribution in [0.3, 0.4) is 0 Å². The van der Waals surface area contributed by atoms with E-state index in [1.807, 2.05) is 0 Å².